The number of carbonyl (C=O) groups is 3. The van der Waals surface area contributed by atoms with Crippen LogP contribution in [-0.2, 0) is 4.79 Å². The second-order valence-corrected chi connectivity index (χ2v) is 7.82. The molecule has 3 rings (SSSR count). The molecule has 0 bridgehead atoms. The van der Waals surface area contributed by atoms with Crippen LogP contribution in [-0.4, -0.2) is 48.8 Å². The number of hydrogen-bond acceptors (Lipinski definition) is 6. The molecule has 0 aromatic heterocycles. The van der Waals surface area contributed by atoms with Crippen molar-refractivity contribution in [2.24, 2.45) is 0 Å². The van der Waals surface area contributed by atoms with E-state index in [1.165, 1.54) is 19.2 Å². The fourth-order valence-corrected chi connectivity index (χ4v) is 4.04. The molecule has 3 amide bonds. The SMILES string of the molecule is CCOc1c(Cl)cc(C(=O)NCCN2C(=O)SC(=Cc3ccccc3)C2=O)cc1OC. The standard InChI is InChI=1S/C22H21ClN2O5S/c1-3-30-19-16(23)12-15(13-17(19)29-2)20(26)24-9-10-25-21(27)18(31-22(25)28)11-14-7-5-4-6-8-14/h4-8,11-13H,3,9-10H2,1-2H3,(H,24,26). The zero-order valence-electron chi connectivity index (χ0n) is 17.0. The van der Waals surface area contributed by atoms with E-state index in [1.807, 2.05) is 37.3 Å². The van der Waals surface area contributed by atoms with Gasteiger partial charge in [0.2, 0.25) is 0 Å². The molecule has 1 N–H and O–H groups in total. The molecular weight excluding hydrogens is 440 g/mol. The third-order valence-electron chi connectivity index (χ3n) is 4.37. The molecule has 0 atom stereocenters. The van der Waals surface area contributed by atoms with Gasteiger partial charge in [0, 0.05) is 18.7 Å². The van der Waals surface area contributed by atoms with Gasteiger partial charge in [-0.1, -0.05) is 41.9 Å². The average Bonchev–Trinajstić information content (AvgIpc) is 3.03. The normalized spacial score (nSPS) is 14.8. The Hall–Kier alpha value is -2.97. The average molecular weight is 461 g/mol. The van der Waals surface area contributed by atoms with E-state index >= 15 is 0 Å². The van der Waals surface area contributed by atoms with Crippen molar-refractivity contribution in [2.45, 2.75) is 6.92 Å². The fraction of sp³-hybridized carbons (Fsp3) is 0.227. The van der Waals surface area contributed by atoms with E-state index in [2.05, 4.69) is 5.32 Å². The predicted molar refractivity (Wildman–Crippen MR) is 121 cm³/mol. The Morgan fingerprint density at radius 2 is 1.97 bits per heavy atom. The third kappa shape index (κ3) is 5.39. The first-order chi connectivity index (χ1) is 14.9. The first-order valence-corrected chi connectivity index (χ1v) is 10.7. The number of thioether (sulfide) groups is 1. The molecule has 0 aliphatic carbocycles. The van der Waals surface area contributed by atoms with Gasteiger partial charge in [-0.15, -0.1) is 0 Å². The Balaban J connectivity index is 1.62. The smallest absolute Gasteiger partial charge is 0.293 e. The van der Waals surface area contributed by atoms with Gasteiger partial charge >= 0.3 is 0 Å². The Kier molecular flexibility index (Phi) is 7.59. The Labute approximate surface area is 189 Å². The van der Waals surface area contributed by atoms with E-state index in [0.29, 0.717) is 23.0 Å². The molecule has 0 unspecified atom stereocenters. The van der Waals surface area contributed by atoms with Crippen molar-refractivity contribution in [2.75, 3.05) is 26.8 Å². The van der Waals surface area contributed by atoms with E-state index in [9.17, 15) is 14.4 Å². The topological polar surface area (TPSA) is 84.9 Å². The van der Waals surface area contributed by atoms with E-state index in [1.54, 1.807) is 6.08 Å². The fourth-order valence-electron chi connectivity index (χ4n) is 2.91. The number of carbonyl (C=O) groups excluding carboxylic acids is 3. The highest BCUT2D eigenvalue weighted by molar-refractivity contribution is 8.18. The maximum atomic E-state index is 12.5. The summed E-state index contributed by atoms with van der Waals surface area (Å²) in [6.07, 6.45) is 1.68. The second kappa shape index (κ2) is 10.4. The van der Waals surface area contributed by atoms with Crippen LogP contribution < -0.4 is 14.8 Å². The van der Waals surface area contributed by atoms with Crippen LogP contribution in [0.3, 0.4) is 0 Å². The molecule has 1 aliphatic rings. The van der Waals surface area contributed by atoms with Crippen molar-refractivity contribution in [1.82, 2.24) is 10.2 Å². The van der Waals surface area contributed by atoms with Crippen LogP contribution in [0, 0.1) is 0 Å². The summed E-state index contributed by atoms with van der Waals surface area (Å²) < 4.78 is 10.7. The number of ether oxygens (including phenoxy) is 2. The minimum absolute atomic E-state index is 0.0600. The molecule has 31 heavy (non-hydrogen) atoms. The molecule has 0 radical (unpaired) electrons. The highest BCUT2D eigenvalue weighted by Gasteiger charge is 2.34. The summed E-state index contributed by atoms with van der Waals surface area (Å²) in [6.45, 7) is 2.38. The van der Waals surface area contributed by atoms with E-state index in [0.717, 1.165) is 22.2 Å². The summed E-state index contributed by atoms with van der Waals surface area (Å²) in [5.41, 5.74) is 1.12. The zero-order valence-corrected chi connectivity index (χ0v) is 18.6. The number of methoxy groups -OCH3 is 1. The predicted octanol–water partition coefficient (Wildman–Crippen LogP) is 4.21. The molecule has 7 nitrogen and oxygen atoms in total. The largest absolute Gasteiger partial charge is 0.493 e. The summed E-state index contributed by atoms with van der Waals surface area (Å²) in [4.78, 5) is 38.7. The monoisotopic (exact) mass is 460 g/mol. The van der Waals surface area contributed by atoms with Crippen molar-refractivity contribution in [1.29, 1.82) is 0 Å². The van der Waals surface area contributed by atoms with Crippen molar-refractivity contribution in [3.63, 3.8) is 0 Å². The molecular formula is C22H21ClN2O5S. The molecule has 1 aliphatic heterocycles. The summed E-state index contributed by atoms with van der Waals surface area (Å²) in [5, 5.41) is 2.58. The lowest BCUT2D eigenvalue weighted by Gasteiger charge is -2.15. The minimum atomic E-state index is -0.407. The number of halogens is 1. The number of amides is 3. The number of imide groups is 1. The van der Waals surface area contributed by atoms with Crippen LogP contribution in [0.15, 0.2) is 47.4 Å². The van der Waals surface area contributed by atoms with Crippen molar-refractivity contribution < 1.29 is 23.9 Å². The summed E-state index contributed by atoms with van der Waals surface area (Å²) in [6, 6.07) is 12.3. The van der Waals surface area contributed by atoms with Gasteiger partial charge in [-0.3, -0.25) is 19.3 Å². The maximum Gasteiger partial charge on any atom is 0.293 e. The molecule has 0 saturated carbocycles. The number of hydrogen-bond donors (Lipinski definition) is 1. The quantitative estimate of drug-likeness (QED) is 0.594. The molecule has 2 aromatic rings. The molecule has 162 valence electrons. The summed E-state index contributed by atoms with van der Waals surface area (Å²) in [5.74, 6) is -0.0725. The lowest BCUT2D eigenvalue weighted by molar-refractivity contribution is -0.122. The zero-order chi connectivity index (χ0) is 22.4. The highest BCUT2D eigenvalue weighted by atomic mass is 35.5. The highest BCUT2D eigenvalue weighted by Crippen LogP contribution is 2.36. The lowest BCUT2D eigenvalue weighted by atomic mass is 10.2. The van der Waals surface area contributed by atoms with E-state index in [4.69, 9.17) is 21.1 Å². The van der Waals surface area contributed by atoms with Gasteiger partial charge < -0.3 is 14.8 Å². The number of nitrogens with zero attached hydrogens (tertiary/aromatic N) is 1. The number of nitrogens with one attached hydrogen (secondary N) is 1. The minimum Gasteiger partial charge on any atom is -0.493 e. The van der Waals surface area contributed by atoms with Gasteiger partial charge in [0.25, 0.3) is 17.1 Å². The molecule has 1 saturated heterocycles. The van der Waals surface area contributed by atoms with Crippen molar-refractivity contribution in [3.05, 3.63) is 63.5 Å². The second-order valence-electron chi connectivity index (χ2n) is 6.42. The van der Waals surface area contributed by atoms with Gasteiger partial charge in [-0.05, 0) is 42.5 Å². The van der Waals surface area contributed by atoms with Crippen LogP contribution in [0.5, 0.6) is 11.5 Å². The van der Waals surface area contributed by atoms with Crippen molar-refractivity contribution in [3.8, 4) is 11.5 Å². The van der Waals surface area contributed by atoms with Crippen LogP contribution in [0.2, 0.25) is 5.02 Å². The lowest BCUT2D eigenvalue weighted by Crippen LogP contribution is -2.37. The molecule has 0 spiro atoms. The van der Waals surface area contributed by atoms with E-state index < -0.39 is 5.91 Å². The van der Waals surface area contributed by atoms with Gasteiger partial charge in [-0.25, -0.2) is 0 Å². The Morgan fingerprint density at radius 3 is 2.65 bits per heavy atom. The van der Waals surface area contributed by atoms with Crippen LogP contribution in [0.1, 0.15) is 22.8 Å². The Bertz CT molecular complexity index is 1030. The molecule has 1 heterocycles. The molecule has 1 fully saturated rings. The van der Waals surface area contributed by atoms with Gasteiger partial charge in [0.15, 0.2) is 11.5 Å². The third-order valence-corrected chi connectivity index (χ3v) is 5.56. The summed E-state index contributed by atoms with van der Waals surface area (Å²) in [7, 11) is 1.46. The first-order valence-electron chi connectivity index (χ1n) is 9.53. The van der Waals surface area contributed by atoms with Crippen molar-refractivity contribution >= 4 is 46.5 Å². The number of benzene rings is 2. The van der Waals surface area contributed by atoms with Crippen LogP contribution in [0.4, 0.5) is 4.79 Å². The maximum absolute atomic E-state index is 12.5. The first kappa shape index (κ1) is 22.7. The molecule has 2 aromatic carbocycles. The Morgan fingerprint density at radius 1 is 1.23 bits per heavy atom. The summed E-state index contributed by atoms with van der Waals surface area (Å²) >= 11 is 7.09. The molecule has 9 heteroatoms. The van der Waals surface area contributed by atoms with Gasteiger partial charge in [0.1, 0.15) is 0 Å². The van der Waals surface area contributed by atoms with Crippen LogP contribution >= 0.6 is 23.4 Å². The van der Waals surface area contributed by atoms with E-state index in [-0.39, 0.29) is 34.8 Å². The van der Waals surface area contributed by atoms with Gasteiger partial charge in [-0.2, -0.15) is 0 Å². The van der Waals surface area contributed by atoms with Gasteiger partial charge in [0.05, 0.1) is 23.6 Å². The number of rotatable bonds is 8. The van der Waals surface area contributed by atoms with Crippen LogP contribution in [0.25, 0.3) is 6.08 Å².